The van der Waals surface area contributed by atoms with Gasteiger partial charge in [-0.05, 0) is 13.8 Å². The van der Waals surface area contributed by atoms with E-state index in [4.69, 9.17) is 28.4 Å². The number of fused-ring (bicyclic) bond motifs is 1. The number of ether oxygens (including phenoxy) is 7. The minimum absolute atomic E-state index is 0.169. The van der Waals surface area contributed by atoms with Gasteiger partial charge in [0.25, 0.3) is 0 Å². The van der Waals surface area contributed by atoms with Gasteiger partial charge in [-0.2, -0.15) is 0 Å². The molecule has 4 amide bonds. The Bertz CT molecular complexity index is 2480. The van der Waals surface area contributed by atoms with Crippen LogP contribution >= 0.6 is 0 Å². The van der Waals surface area contributed by atoms with Gasteiger partial charge in [-0.15, -0.1) is 0 Å². The lowest BCUT2D eigenvalue weighted by atomic mass is 10.1. The molecule has 2 aliphatic rings. The SMILES string of the molecule is COCN1C(=O)N(COC)C2C1N(COC)C(=O)N2COCCn1c(=O)n(CCO)c(=O)n(CCOC(=O)CCn2c(=O)n(CCC(=O)OC)c(=O)n(CCC(=O)OC(C)(C)CO)c2=O)c1=O. The van der Waals surface area contributed by atoms with Crippen LogP contribution in [0.25, 0.3) is 0 Å². The molecule has 0 bridgehead atoms. The summed E-state index contributed by atoms with van der Waals surface area (Å²) in [6.45, 7) is -3.87. The van der Waals surface area contributed by atoms with Crippen LogP contribution in [-0.4, -0.2) is 187 Å². The molecule has 0 aromatic carbocycles. The van der Waals surface area contributed by atoms with E-state index >= 15 is 0 Å². The lowest BCUT2D eigenvalue weighted by molar-refractivity contribution is -0.160. The number of hydrogen-bond acceptors (Lipinski definition) is 20. The van der Waals surface area contributed by atoms with Crippen LogP contribution in [0.3, 0.4) is 0 Å². The third-order valence-corrected chi connectivity index (χ3v) is 10.3. The Hall–Kier alpha value is -6.47. The topological polar surface area (TPSA) is 335 Å². The standard InChI is InChI=1S/C37H56N10O20/c1-37(2,19-49)67-26(52)9-12-40-30(54)38(10-7-24(50)64-6)29(53)39(31(40)55)11-8-25(51)66-18-15-43-33(57)41(13-16-48)32(56)42(34(43)58)14-17-65-23-47-28-27(45(21-62-4)36(47)60)44(20-61-3)35(59)46(28)22-63-5/h27-28,48-49H,7-23H2,1-6H3. The van der Waals surface area contributed by atoms with E-state index < -0.39 is 174 Å². The van der Waals surface area contributed by atoms with Crippen molar-refractivity contribution in [2.75, 3.05) is 81.8 Å². The van der Waals surface area contributed by atoms with E-state index in [1.165, 1.54) is 54.8 Å². The Labute approximate surface area is 379 Å². The fraction of sp³-hybridized carbons (Fsp3) is 0.703. The zero-order valence-corrected chi connectivity index (χ0v) is 37.9. The normalized spacial score (nSPS) is 16.0. The summed E-state index contributed by atoms with van der Waals surface area (Å²) >= 11 is 0. The number of amides is 4. The molecule has 0 spiro atoms. The van der Waals surface area contributed by atoms with Crippen LogP contribution in [0.2, 0.25) is 0 Å². The van der Waals surface area contributed by atoms with Gasteiger partial charge in [0.1, 0.15) is 39.1 Å². The van der Waals surface area contributed by atoms with Crippen molar-refractivity contribution in [3.63, 3.8) is 0 Å². The van der Waals surface area contributed by atoms with Crippen LogP contribution in [-0.2, 0) is 86.8 Å². The van der Waals surface area contributed by atoms with E-state index in [1.54, 1.807) is 0 Å². The molecule has 374 valence electrons. The first kappa shape index (κ1) is 53.1. The molecule has 0 saturated carbocycles. The number of nitrogens with zero attached hydrogens (tertiary/aromatic N) is 10. The number of hydrogen-bond donors (Lipinski definition) is 2. The Morgan fingerprint density at radius 1 is 0.493 bits per heavy atom. The lowest BCUT2D eigenvalue weighted by Gasteiger charge is -2.28. The highest BCUT2D eigenvalue weighted by molar-refractivity contribution is 5.85. The van der Waals surface area contributed by atoms with Gasteiger partial charge >= 0.3 is 64.1 Å². The van der Waals surface area contributed by atoms with Crippen LogP contribution in [0.5, 0.6) is 0 Å². The van der Waals surface area contributed by atoms with Gasteiger partial charge in [0, 0.05) is 41.0 Å². The van der Waals surface area contributed by atoms with E-state index in [0.29, 0.717) is 27.4 Å². The molecule has 0 radical (unpaired) electrons. The average Bonchev–Trinajstić information content (AvgIpc) is 3.70. The number of carbonyl (C=O) groups is 5. The van der Waals surface area contributed by atoms with Gasteiger partial charge in [-0.1, -0.05) is 0 Å². The van der Waals surface area contributed by atoms with Crippen LogP contribution in [0.15, 0.2) is 28.8 Å². The highest BCUT2D eigenvalue weighted by atomic mass is 16.6. The van der Waals surface area contributed by atoms with Crippen molar-refractivity contribution in [3.8, 4) is 0 Å². The number of aliphatic hydroxyl groups is 2. The molecule has 2 unspecified atom stereocenters. The summed E-state index contributed by atoms with van der Waals surface area (Å²) in [6, 6.07) is -1.09. The van der Waals surface area contributed by atoms with Gasteiger partial charge in [0.05, 0.1) is 65.8 Å². The average molecular weight is 961 g/mol. The van der Waals surface area contributed by atoms with Crippen LogP contribution in [0.1, 0.15) is 33.1 Å². The predicted molar refractivity (Wildman–Crippen MR) is 222 cm³/mol. The second-order valence-corrected chi connectivity index (χ2v) is 15.3. The lowest BCUT2D eigenvalue weighted by Crippen LogP contribution is -2.55. The molecule has 2 aromatic rings. The number of aliphatic hydroxyl groups excluding tert-OH is 2. The highest BCUT2D eigenvalue weighted by Gasteiger charge is 2.59. The monoisotopic (exact) mass is 960 g/mol. The van der Waals surface area contributed by atoms with Crippen molar-refractivity contribution in [2.45, 2.75) is 90.3 Å². The summed E-state index contributed by atoms with van der Waals surface area (Å²) in [5.74, 6) is -2.74. The van der Waals surface area contributed by atoms with Crippen molar-refractivity contribution < 1.29 is 67.3 Å². The van der Waals surface area contributed by atoms with Crippen molar-refractivity contribution in [2.24, 2.45) is 0 Å². The zero-order chi connectivity index (χ0) is 49.7. The van der Waals surface area contributed by atoms with E-state index in [2.05, 4.69) is 4.74 Å². The molecule has 2 aliphatic heterocycles. The van der Waals surface area contributed by atoms with Crippen molar-refractivity contribution in [1.82, 2.24) is 47.0 Å². The van der Waals surface area contributed by atoms with Gasteiger partial charge in [0.15, 0.2) is 12.3 Å². The van der Waals surface area contributed by atoms with Crippen molar-refractivity contribution in [1.29, 1.82) is 0 Å². The van der Waals surface area contributed by atoms with Gasteiger partial charge in [0.2, 0.25) is 0 Å². The fourth-order valence-corrected chi connectivity index (χ4v) is 7.06. The first-order valence-electron chi connectivity index (χ1n) is 20.6. The molecule has 4 rings (SSSR count). The first-order chi connectivity index (χ1) is 31.8. The van der Waals surface area contributed by atoms with E-state index in [0.717, 1.165) is 7.11 Å². The number of esters is 3. The second kappa shape index (κ2) is 23.8. The minimum atomic E-state index is -1.28. The van der Waals surface area contributed by atoms with Gasteiger partial charge < -0.3 is 43.4 Å². The molecule has 2 N–H and O–H groups in total. The molecule has 30 heteroatoms. The summed E-state index contributed by atoms with van der Waals surface area (Å²) in [7, 11) is 5.17. The van der Waals surface area contributed by atoms with Crippen LogP contribution in [0, 0.1) is 0 Å². The number of aromatic nitrogens is 6. The quantitative estimate of drug-likeness (QED) is 0.0479. The van der Waals surface area contributed by atoms with E-state index in [9.17, 15) is 63.0 Å². The van der Waals surface area contributed by atoms with Crippen LogP contribution in [0.4, 0.5) is 9.59 Å². The number of urea groups is 2. The molecule has 4 heterocycles. The molecule has 67 heavy (non-hydrogen) atoms. The molecule has 0 aliphatic carbocycles. The Morgan fingerprint density at radius 2 is 0.851 bits per heavy atom. The largest absolute Gasteiger partial charge is 0.469 e. The molecular weight excluding hydrogens is 904 g/mol. The fourth-order valence-electron chi connectivity index (χ4n) is 7.06. The Morgan fingerprint density at radius 3 is 1.24 bits per heavy atom. The maximum atomic E-state index is 13.6. The number of methoxy groups -OCH3 is 4. The predicted octanol–water partition coefficient (Wildman–Crippen LogP) is -5.54. The van der Waals surface area contributed by atoms with Crippen LogP contribution < -0.4 is 34.1 Å². The molecular formula is C37H56N10O20. The molecule has 2 atom stereocenters. The van der Waals surface area contributed by atoms with Crippen molar-refractivity contribution >= 4 is 30.0 Å². The van der Waals surface area contributed by atoms with E-state index in [-0.39, 0.29) is 20.2 Å². The third-order valence-electron chi connectivity index (χ3n) is 10.3. The summed E-state index contributed by atoms with van der Waals surface area (Å²) in [5.41, 5.74) is -8.28. The summed E-state index contributed by atoms with van der Waals surface area (Å²) in [4.78, 5) is 149. The van der Waals surface area contributed by atoms with Gasteiger partial charge in [-0.25, -0.2) is 65.8 Å². The molecule has 2 fully saturated rings. The number of carbonyl (C=O) groups excluding carboxylic acids is 5. The first-order valence-corrected chi connectivity index (χ1v) is 20.6. The smallest absolute Gasteiger partial charge is 0.336 e. The molecule has 2 aromatic heterocycles. The zero-order valence-electron chi connectivity index (χ0n) is 37.9. The van der Waals surface area contributed by atoms with Crippen molar-refractivity contribution in [3.05, 3.63) is 62.9 Å². The summed E-state index contributed by atoms with van der Waals surface area (Å²) < 4.78 is 39.5. The van der Waals surface area contributed by atoms with Gasteiger partial charge in [-0.3, -0.25) is 34.0 Å². The third kappa shape index (κ3) is 12.1. The van der Waals surface area contributed by atoms with E-state index in [1.807, 2.05) is 0 Å². The summed E-state index contributed by atoms with van der Waals surface area (Å²) in [6.07, 6.45) is -3.48. The molecule has 30 nitrogen and oxygen atoms in total. The maximum Gasteiger partial charge on any atom is 0.336 e. The highest BCUT2D eigenvalue weighted by Crippen LogP contribution is 2.34. The Balaban J connectivity index is 1.48. The number of rotatable bonds is 27. The Kier molecular flexibility index (Phi) is 18.9. The second-order valence-electron chi connectivity index (χ2n) is 15.3. The molecule has 2 saturated heterocycles. The minimum Gasteiger partial charge on any atom is -0.469 e. The maximum absolute atomic E-state index is 13.6. The summed E-state index contributed by atoms with van der Waals surface area (Å²) in [5, 5.41) is 19.0.